The van der Waals surface area contributed by atoms with Crippen molar-refractivity contribution in [1.82, 2.24) is 15.1 Å². The first-order valence-corrected chi connectivity index (χ1v) is 11.9. The molecule has 1 aromatic carbocycles. The smallest absolute Gasteiger partial charge is 0.399 e. The number of carbonyl (C=O) groups excluding carboxylic acids is 1. The molecule has 0 saturated carbocycles. The van der Waals surface area contributed by atoms with Crippen molar-refractivity contribution in [3.8, 4) is 6.07 Å². The molecule has 4 rings (SSSR count). The van der Waals surface area contributed by atoms with Crippen LogP contribution >= 0.6 is 0 Å². The van der Waals surface area contributed by atoms with E-state index in [1.807, 2.05) is 27.7 Å². The van der Waals surface area contributed by atoms with Gasteiger partial charge in [-0.05, 0) is 40.7 Å². The van der Waals surface area contributed by atoms with E-state index in [0.717, 1.165) is 6.07 Å². The van der Waals surface area contributed by atoms with Gasteiger partial charge in [0.15, 0.2) is 0 Å². The monoisotopic (exact) mass is 539 g/mol. The molecule has 0 unspecified atom stereocenters. The highest BCUT2D eigenvalue weighted by molar-refractivity contribution is 6.62. The molecule has 2 aliphatic heterocycles. The molecule has 2 aromatic rings. The molecular formula is C24H27BF5N5O3. The quantitative estimate of drug-likeness (QED) is 0.448. The number of benzene rings is 1. The number of aromatic nitrogens is 2. The molecule has 2 saturated heterocycles. The molecule has 1 N–H and O–H groups in total. The highest BCUT2D eigenvalue weighted by atomic mass is 19.4. The minimum absolute atomic E-state index is 0.0217. The summed E-state index contributed by atoms with van der Waals surface area (Å²) in [5.41, 5.74) is -2.36. The van der Waals surface area contributed by atoms with E-state index in [1.54, 1.807) is 22.4 Å². The van der Waals surface area contributed by atoms with Crippen LogP contribution in [0.1, 0.15) is 51.4 Å². The van der Waals surface area contributed by atoms with Crippen molar-refractivity contribution in [2.45, 2.75) is 70.0 Å². The van der Waals surface area contributed by atoms with Crippen LogP contribution in [0.25, 0.3) is 0 Å². The van der Waals surface area contributed by atoms with Gasteiger partial charge < -0.3 is 19.5 Å². The topological polar surface area (TPSA) is 92.4 Å². The van der Waals surface area contributed by atoms with Crippen molar-refractivity contribution < 1.29 is 36.1 Å². The molecular weight excluding hydrogens is 512 g/mol. The first kappa shape index (κ1) is 27.8. The van der Waals surface area contributed by atoms with E-state index in [0.29, 0.717) is 18.5 Å². The summed E-state index contributed by atoms with van der Waals surface area (Å²) in [6.45, 7) is 8.55. The lowest BCUT2D eigenvalue weighted by Crippen LogP contribution is -2.63. The Bertz CT molecular complexity index is 1270. The second-order valence-electron chi connectivity index (χ2n) is 10.7. The van der Waals surface area contributed by atoms with Gasteiger partial charge in [0.05, 0.1) is 34.9 Å². The Hall–Kier alpha value is -3.18. The van der Waals surface area contributed by atoms with Crippen molar-refractivity contribution >= 4 is 24.2 Å². The Labute approximate surface area is 216 Å². The van der Waals surface area contributed by atoms with E-state index >= 15 is 0 Å². The number of carbonyl (C=O) groups is 1. The van der Waals surface area contributed by atoms with Crippen LogP contribution in [0.15, 0.2) is 24.5 Å². The Morgan fingerprint density at radius 1 is 1.18 bits per heavy atom. The predicted molar refractivity (Wildman–Crippen MR) is 128 cm³/mol. The zero-order valence-electron chi connectivity index (χ0n) is 21.5. The average Bonchev–Trinajstić information content (AvgIpc) is 3.34. The van der Waals surface area contributed by atoms with Crippen LogP contribution in [-0.2, 0) is 14.8 Å². The molecule has 2 aliphatic rings. The van der Waals surface area contributed by atoms with Crippen LogP contribution in [0, 0.1) is 23.0 Å². The second-order valence-corrected chi connectivity index (χ2v) is 10.7. The molecule has 2 fully saturated rings. The van der Waals surface area contributed by atoms with E-state index in [9.17, 15) is 32.0 Å². The fraction of sp³-hybridized carbons (Fsp3) is 0.542. The van der Waals surface area contributed by atoms with E-state index in [-0.39, 0.29) is 25.2 Å². The Balaban J connectivity index is 1.51. The zero-order chi connectivity index (χ0) is 28.3. The summed E-state index contributed by atoms with van der Waals surface area (Å²) in [6, 6.07) is 1.19. The summed E-state index contributed by atoms with van der Waals surface area (Å²) in [4.78, 5) is 13.6. The number of alkyl halides is 3. The van der Waals surface area contributed by atoms with Crippen molar-refractivity contribution in [1.29, 1.82) is 5.26 Å². The van der Waals surface area contributed by atoms with Gasteiger partial charge in [0, 0.05) is 37.0 Å². The molecule has 14 heteroatoms. The summed E-state index contributed by atoms with van der Waals surface area (Å²) in [7, 11) is -0.672. The van der Waals surface area contributed by atoms with Gasteiger partial charge in [-0.2, -0.15) is 23.5 Å². The van der Waals surface area contributed by atoms with Gasteiger partial charge in [-0.25, -0.2) is 8.78 Å². The number of hydrogen-bond donors (Lipinski definition) is 1. The third kappa shape index (κ3) is 4.85. The lowest BCUT2D eigenvalue weighted by atomic mass is 9.81. The molecule has 38 heavy (non-hydrogen) atoms. The van der Waals surface area contributed by atoms with Gasteiger partial charge in [0.2, 0.25) is 0 Å². The van der Waals surface area contributed by atoms with Gasteiger partial charge in [0.25, 0.3) is 5.91 Å². The molecule has 204 valence electrons. The lowest BCUT2D eigenvalue weighted by Gasteiger charge is -2.50. The normalized spacial score (nSPS) is 20.6. The van der Waals surface area contributed by atoms with Crippen LogP contribution in [0.2, 0.25) is 0 Å². The number of nitrogens with zero attached hydrogens (tertiary/aromatic N) is 4. The first-order valence-electron chi connectivity index (χ1n) is 11.9. The fourth-order valence-corrected chi connectivity index (χ4v) is 4.33. The lowest BCUT2D eigenvalue weighted by molar-refractivity contribution is -0.149. The highest BCUT2D eigenvalue weighted by Crippen LogP contribution is 2.39. The Morgan fingerprint density at radius 3 is 2.34 bits per heavy atom. The number of nitrogens with one attached hydrogen (secondary N) is 1. The minimum atomic E-state index is -4.74. The number of rotatable bonds is 6. The molecule has 8 nitrogen and oxygen atoms in total. The summed E-state index contributed by atoms with van der Waals surface area (Å²) < 4.78 is 81.4. The number of halogens is 5. The maximum absolute atomic E-state index is 14.9. The fourth-order valence-electron chi connectivity index (χ4n) is 4.33. The van der Waals surface area contributed by atoms with E-state index in [1.165, 1.54) is 4.90 Å². The van der Waals surface area contributed by atoms with Crippen LogP contribution in [0.5, 0.6) is 0 Å². The standard InChI is InChI=1S/C24H27BF5N5O3/c1-14(24(28,29)30)33-20(36)16-8-18(27)19(9-17(16)26)34-12-23(13-34,6-7-31)35-11-15(10-32-35)25-37-21(2,3)22(4,5)38-25/h8-11,14H,6,12-13H2,1-5H3,(H,33,36)/t14-/m0/s1. The highest BCUT2D eigenvalue weighted by Gasteiger charge is 2.53. The van der Waals surface area contributed by atoms with Crippen LogP contribution in [-0.4, -0.2) is 59.3 Å². The summed E-state index contributed by atoms with van der Waals surface area (Å²) in [6.07, 6.45) is -1.45. The number of anilines is 1. The van der Waals surface area contributed by atoms with Crippen molar-refractivity contribution in [3.63, 3.8) is 0 Å². The first-order chi connectivity index (χ1) is 17.5. The molecule has 1 amide bonds. The Morgan fingerprint density at radius 2 is 1.79 bits per heavy atom. The molecule has 3 heterocycles. The largest absolute Gasteiger partial charge is 0.498 e. The predicted octanol–water partition coefficient (Wildman–Crippen LogP) is 3.27. The summed E-state index contributed by atoms with van der Waals surface area (Å²) >= 11 is 0. The second kappa shape index (κ2) is 9.23. The third-order valence-corrected chi connectivity index (χ3v) is 7.45. The zero-order valence-corrected chi connectivity index (χ0v) is 21.5. The number of nitriles is 1. The summed E-state index contributed by atoms with van der Waals surface area (Å²) in [5, 5.41) is 15.5. The van der Waals surface area contributed by atoms with Gasteiger partial charge in [-0.1, -0.05) is 0 Å². The van der Waals surface area contributed by atoms with Gasteiger partial charge in [-0.15, -0.1) is 0 Å². The average molecular weight is 539 g/mol. The van der Waals surface area contributed by atoms with E-state index < -0.39 is 59.2 Å². The maximum Gasteiger partial charge on any atom is 0.498 e. The molecule has 0 aliphatic carbocycles. The molecule has 1 aromatic heterocycles. The third-order valence-electron chi connectivity index (χ3n) is 7.45. The van der Waals surface area contributed by atoms with Gasteiger partial charge in [0.1, 0.15) is 23.2 Å². The maximum atomic E-state index is 14.9. The molecule has 0 bridgehead atoms. The van der Waals surface area contributed by atoms with Crippen LogP contribution in [0.4, 0.5) is 27.6 Å². The molecule has 0 spiro atoms. The van der Waals surface area contributed by atoms with Crippen molar-refractivity contribution in [2.75, 3.05) is 18.0 Å². The number of hydrogen-bond acceptors (Lipinski definition) is 6. The number of amides is 1. The minimum Gasteiger partial charge on any atom is -0.399 e. The van der Waals surface area contributed by atoms with Crippen molar-refractivity contribution in [3.05, 3.63) is 41.7 Å². The molecule has 0 radical (unpaired) electrons. The SMILES string of the molecule is C[C@H](NC(=O)c1cc(F)c(N2CC(CC#N)(n3cc(B4OC(C)(C)C(C)(C)O4)cn3)C2)cc1F)C(F)(F)F. The van der Waals surface area contributed by atoms with Gasteiger partial charge in [-0.3, -0.25) is 9.48 Å². The molecule has 1 atom stereocenters. The van der Waals surface area contributed by atoms with Crippen LogP contribution < -0.4 is 15.7 Å². The van der Waals surface area contributed by atoms with E-state index in [2.05, 4.69) is 11.2 Å². The summed E-state index contributed by atoms with van der Waals surface area (Å²) in [5.74, 6) is -3.54. The van der Waals surface area contributed by atoms with Crippen molar-refractivity contribution in [2.24, 2.45) is 0 Å². The van der Waals surface area contributed by atoms with Gasteiger partial charge >= 0.3 is 13.3 Å². The Kier molecular flexibility index (Phi) is 6.77. The van der Waals surface area contributed by atoms with Crippen LogP contribution in [0.3, 0.4) is 0 Å². The van der Waals surface area contributed by atoms with E-state index in [4.69, 9.17) is 9.31 Å².